The molecule has 0 aromatic rings. The van der Waals surface area contributed by atoms with Crippen LogP contribution in [0.25, 0.3) is 0 Å². The highest BCUT2D eigenvalue weighted by molar-refractivity contribution is 5.95. The van der Waals surface area contributed by atoms with Crippen molar-refractivity contribution in [1.29, 1.82) is 0 Å². The van der Waals surface area contributed by atoms with Crippen molar-refractivity contribution in [2.24, 2.45) is 0 Å². The van der Waals surface area contributed by atoms with Gasteiger partial charge in [-0.3, -0.25) is 14.9 Å². The molecule has 0 aromatic carbocycles. The fourth-order valence-electron chi connectivity index (χ4n) is 2.60. The Hall–Kier alpha value is -1.24. The lowest BCUT2D eigenvalue weighted by Gasteiger charge is -2.04. The monoisotopic (exact) mass is 370 g/mol. The van der Waals surface area contributed by atoms with Crippen LogP contribution in [0, 0.1) is 0 Å². The van der Waals surface area contributed by atoms with E-state index in [2.05, 4.69) is 22.8 Å². The predicted octanol–water partition coefficient (Wildman–Crippen LogP) is 2.44. The van der Waals surface area contributed by atoms with Crippen molar-refractivity contribution in [2.75, 3.05) is 26.3 Å². The topological polar surface area (TPSA) is 98.7 Å². The Kier molecular flexibility index (Phi) is 19.1. The normalized spacial score (nSPS) is 19.6. The van der Waals surface area contributed by atoms with Gasteiger partial charge in [-0.05, 0) is 38.5 Å². The maximum absolute atomic E-state index is 11.5. The number of hydrogen-bond donors (Lipinski definition) is 4. The second-order valence-corrected chi connectivity index (χ2v) is 6.55. The lowest BCUT2D eigenvalue weighted by molar-refractivity contribution is -0.130. The van der Waals surface area contributed by atoms with E-state index in [-0.39, 0.29) is 25.0 Å². The zero-order valence-electron chi connectivity index (χ0n) is 16.2. The Labute approximate surface area is 158 Å². The van der Waals surface area contributed by atoms with Crippen LogP contribution in [0.5, 0.6) is 0 Å². The van der Waals surface area contributed by atoms with Crippen molar-refractivity contribution >= 4 is 11.8 Å². The molecule has 0 unspecified atom stereocenters. The Bertz CT molecular complexity index is 369. The summed E-state index contributed by atoms with van der Waals surface area (Å²) in [5.41, 5.74) is 0. The van der Waals surface area contributed by atoms with E-state index in [9.17, 15) is 9.59 Å². The quantitative estimate of drug-likeness (QED) is 0.346. The molecule has 26 heavy (non-hydrogen) atoms. The van der Waals surface area contributed by atoms with Gasteiger partial charge in [-0.1, -0.05) is 37.8 Å². The van der Waals surface area contributed by atoms with Gasteiger partial charge < -0.3 is 15.5 Å². The minimum Gasteiger partial charge on any atom is -0.395 e. The van der Waals surface area contributed by atoms with Crippen molar-refractivity contribution in [3.63, 3.8) is 0 Å². The van der Waals surface area contributed by atoms with E-state index in [1.165, 1.54) is 25.7 Å². The smallest absolute Gasteiger partial charge is 0.226 e. The summed E-state index contributed by atoms with van der Waals surface area (Å²) in [6.45, 7) is 1.42. The Morgan fingerprint density at radius 1 is 0.731 bits per heavy atom. The molecule has 2 amide bonds. The molecule has 1 heterocycles. The number of nitrogens with one attached hydrogen (secondary N) is 2. The SMILES string of the molecule is O=C1CCCCC/C=C\CCCCCCCC(=O)N1.OCCNCCO. The van der Waals surface area contributed by atoms with Crippen LogP contribution in [0.2, 0.25) is 0 Å². The fraction of sp³-hybridized carbons (Fsp3) is 0.800. The maximum atomic E-state index is 11.5. The summed E-state index contributed by atoms with van der Waals surface area (Å²) in [7, 11) is 0. The van der Waals surface area contributed by atoms with Gasteiger partial charge in [-0.15, -0.1) is 0 Å². The van der Waals surface area contributed by atoms with Gasteiger partial charge in [-0.2, -0.15) is 0 Å². The number of carbonyl (C=O) groups is 2. The van der Waals surface area contributed by atoms with Gasteiger partial charge in [0.25, 0.3) is 0 Å². The highest BCUT2D eigenvalue weighted by Gasteiger charge is 2.07. The average Bonchev–Trinajstić information content (AvgIpc) is 2.62. The summed E-state index contributed by atoms with van der Waals surface area (Å²) in [5, 5.41) is 21.6. The predicted molar refractivity (Wildman–Crippen MR) is 105 cm³/mol. The summed E-state index contributed by atoms with van der Waals surface area (Å²) in [4.78, 5) is 23.0. The van der Waals surface area contributed by atoms with Gasteiger partial charge in [0.05, 0.1) is 13.2 Å². The molecule has 0 radical (unpaired) electrons. The molecular weight excluding hydrogens is 332 g/mol. The molecule has 0 aromatic heterocycles. The molecule has 0 bridgehead atoms. The van der Waals surface area contributed by atoms with E-state index in [0.29, 0.717) is 25.9 Å². The zero-order chi connectivity index (χ0) is 19.3. The summed E-state index contributed by atoms with van der Waals surface area (Å²) < 4.78 is 0. The van der Waals surface area contributed by atoms with Crippen LogP contribution >= 0.6 is 0 Å². The minimum atomic E-state index is -0.107. The van der Waals surface area contributed by atoms with Gasteiger partial charge in [0.15, 0.2) is 0 Å². The van der Waals surface area contributed by atoms with Crippen molar-refractivity contribution in [1.82, 2.24) is 10.6 Å². The van der Waals surface area contributed by atoms with Crippen LogP contribution in [-0.4, -0.2) is 48.3 Å². The number of aliphatic hydroxyl groups excluding tert-OH is 2. The fourth-order valence-corrected chi connectivity index (χ4v) is 2.60. The first-order valence-electron chi connectivity index (χ1n) is 10.1. The van der Waals surface area contributed by atoms with Gasteiger partial charge in [0.1, 0.15) is 0 Å². The number of imide groups is 1. The number of allylic oxidation sites excluding steroid dienone is 2. The molecule has 0 fully saturated rings. The Morgan fingerprint density at radius 2 is 1.15 bits per heavy atom. The first-order chi connectivity index (χ1) is 12.7. The standard InChI is InChI=1S/C16H27NO2.C4H11NO2/c18-15-13-11-9-7-5-3-1-2-4-6-8-10-12-14-16(19)17-15;6-3-1-5-2-4-7/h1,3H,2,4-14H2,(H,17,18,19);5-7H,1-4H2/b3-1-;. The summed E-state index contributed by atoms with van der Waals surface area (Å²) in [6, 6.07) is 0. The Morgan fingerprint density at radius 3 is 1.65 bits per heavy atom. The second kappa shape index (κ2) is 20.1. The van der Waals surface area contributed by atoms with Gasteiger partial charge in [0.2, 0.25) is 11.8 Å². The second-order valence-electron chi connectivity index (χ2n) is 6.55. The first-order valence-corrected chi connectivity index (χ1v) is 10.1. The van der Waals surface area contributed by atoms with Crippen molar-refractivity contribution in [2.45, 2.75) is 77.0 Å². The maximum Gasteiger partial charge on any atom is 0.226 e. The highest BCUT2D eigenvalue weighted by atomic mass is 16.3. The summed E-state index contributed by atoms with van der Waals surface area (Å²) >= 11 is 0. The minimum absolute atomic E-state index is 0.101. The molecular formula is C20H38N2O4. The van der Waals surface area contributed by atoms with E-state index in [4.69, 9.17) is 10.2 Å². The van der Waals surface area contributed by atoms with E-state index in [1.54, 1.807) is 0 Å². The lowest BCUT2D eigenvalue weighted by atomic mass is 10.1. The molecule has 4 N–H and O–H groups in total. The molecule has 6 nitrogen and oxygen atoms in total. The van der Waals surface area contributed by atoms with E-state index in [0.717, 1.165) is 38.5 Å². The largest absolute Gasteiger partial charge is 0.395 e. The molecule has 6 heteroatoms. The lowest BCUT2D eigenvalue weighted by Crippen LogP contribution is -2.29. The zero-order valence-corrected chi connectivity index (χ0v) is 16.2. The van der Waals surface area contributed by atoms with Crippen molar-refractivity contribution < 1.29 is 19.8 Å². The first kappa shape index (κ1) is 24.8. The third-order valence-corrected chi connectivity index (χ3v) is 4.07. The molecule has 0 saturated heterocycles. The van der Waals surface area contributed by atoms with E-state index >= 15 is 0 Å². The third kappa shape index (κ3) is 19.1. The molecule has 0 saturated carbocycles. The number of hydrogen-bond acceptors (Lipinski definition) is 5. The Balaban J connectivity index is 0.000000758. The van der Waals surface area contributed by atoms with Crippen LogP contribution in [-0.2, 0) is 9.59 Å². The molecule has 1 aliphatic heterocycles. The van der Waals surface area contributed by atoms with Crippen LogP contribution in [0.3, 0.4) is 0 Å². The van der Waals surface area contributed by atoms with Gasteiger partial charge in [0, 0.05) is 25.9 Å². The summed E-state index contributed by atoms with van der Waals surface area (Å²) in [5.74, 6) is -0.208. The van der Waals surface area contributed by atoms with E-state index in [1.807, 2.05) is 0 Å². The van der Waals surface area contributed by atoms with Crippen LogP contribution < -0.4 is 10.6 Å². The summed E-state index contributed by atoms with van der Waals surface area (Å²) in [6.07, 6.45) is 16.6. The van der Waals surface area contributed by atoms with Crippen LogP contribution in [0.4, 0.5) is 0 Å². The van der Waals surface area contributed by atoms with Gasteiger partial charge in [-0.25, -0.2) is 0 Å². The van der Waals surface area contributed by atoms with Crippen molar-refractivity contribution in [3.05, 3.63) is 12.2 Å². The molecule has 0 aliphatic carbocycles. The molecule has 0 atom stereocenters. The van der Waals surface area contributed by atoms with Gasteiger partial charge >= 0.3 is 0 Å². The highest BCUT2D eigenvalue weighted by Crippen LogP contribution is 2.09. The number of carbonyl (C=O) groups excluding carboxylic acids is 2. The molecule has 1 aliphatic rings. The molecule has 0 spiro atoms. The van der Waals surface area contributed by atoms with E-state index < -0.39 is 0 Å². The average molecular weight is 371 g/mol. The molecule has 1 rings (SSSR count). The number of amides is 2. The number of rotatable bonds is 4. The molecule has 152 valence electrons. The van der Waals surface area contributed by atoms with Crippen LogP contribution in [0.1, 0.15) is 77.0 Å². The third-order valence-electron chi connectivity index (χ3n) is 4.07. The van der Waals surface area contributed by atoms with Crippen molar-refractivity contribution in [3.8, 4) is 0 Å². The number of aliphatic hydroxyl groups is 2. The van der Waals surface area contributed by atoms with Crippen LogP contribution in [0.15, 0.2) is 12.2 Å².